The lowest BCUT2D eigenvalue weighted by molar-refractivity contribution is -0.146. The smallest absolute Gasteiger partial charge is 0.379 e. The molecule has 2 aromatic rings. The average Bonchev–Trinajstić information content (AvgIpc) is 2.44. The van der Waals surface area contributed by atoms with Gasteiger partial charge in [0.2, 0.25) is 5.78 Å². The number of carbonyl (C=O) groups excluding carboxylic acids is 2. The zero-order chi connectivity index (χ0) is 15.4. The van der Waals surface area contributed by atoms with E-state index in [1.165, 1.54) is 0 Å². The summed E-state index contributed by atoms with van der Waals surface area (Å²) in [5.74, 6) is -1.40. The van der Waals surface area contributed by atoms with Crippen LogP contribution < -0.4 is 10.1 Å². The number of Topliss-reactive ketones (excluding diaryl/α,β-unsaturated/α-hetero) is 1. The Bertz CT molecular complexity index is 681. The lowest BCUT2D eigenvalue weighted by Crippen LogP contribution is -2.17. The summed E-state index contributed by atoms with van der Waals surface area (Å²) in [5, 5.41) is 3.85. The van der Waals surface area contributed by atoms with Gasteiger partial charge in [-0.3, -0.25) is 4.79 Å². The SMILES string of the molecule is CC(=O)C(=O)Oc1ccccc1Nc1c(Cl)cccc1Cl. The van der Waals surface area contributed by atoms with E-state index in [0.717, 1.165) is 6.92 Å². The molecule has 2 aromatic carbocycles. The minimum Gasteiger partial charge on any atom is -0.419 e. The van der Waals surface area contributed by atoms with Gasteiger partial charge in [-0.25, -0.2) is 4.79 Å². The first-order valence-corrected chi connectivity index (χ1v) is 6.77. The van der Waals surface area contributed by atoms with Crippen molar-refractivity contribution in [3.8, 4) is 5.75 Å². The van der Waals surface area contributed by atoms with E-state index in [4.69, 9.17) is 27.9 Å². The van der Waals surface area contributed by atoms with Gasteiger partial charge in [-0.15, -0.1) is 0 Å². The maximum absolute atomic E-state index is 11.4. The lowest BCUT2D eigenvalue weighted by atomic mass is 10.2. The molecule has 0 saturated carbocycles. The van der Waals surface area contributed by atoms with Crippen LogP contribution in [0.3, 0.4) is 0 Å². The van der Waals surface area contributed by atoms with E-state index in [9.17, 15) is 9.59 Å². The zero-order valence-electron chi connectivity index (χ0n) is 11.0. The Morgan fingerprint density at radius 1 is 1.00 bits per heavy atom. The number of nitrogens with one attached hydrogen (secondary N) is 1. The highest BCUT2D eigenvalue weighted by Gasteiger charge is 2.14. The van der Waals surface area contributed by atoms with Crippen molar-refractivity contribution in [3.63, 3.8) is 0 Å². The lowest BCUT2D eigenvalue weighted by Gasteiger charge is -2.13. The Labute approximate surface area is 131 Å². The van der Waals surface area contributed by atoms with E-state index in [-0.39, 0.29) is 5.75 Å². The number of benzene rings is 2. The average molecular weight is 324 g/mol. The van der Waals surface area contributed by atoms with Crippen LogP contribution in [0.1, 0.15) is 6.92 Å². The number of esters is 1. The Kier molecular flexibility index (Phi) is 4.83. The molecule has 6 heteroatoms. The van der Waals surface area contributed by atoms with Crippen molar-refractivity contribution >= 4 is 46.3 Å². The second-order valence-electron chi connectivity index (χ2n) is 4.16. The number of hydrogen-bond acceptors (Lipinski definition) is 4. The number of carbonyl (C=O) groups is 2. The molecular formula is C15H11Cl2NO3. The molecule has 21 heavy (non-hydrogen) atoms. The summed E-state index contributed by atoms with van der Waals surface area (Å²) in [6.07, 6.45) is 0. The van der Waals surface area contributed by atoms with Crippen LogP contribution in [0.4, 0.5) is 11.4 Å². The molecule has 0 bridgehead atoms. The van der Waals surface area contributed by atoms with Crippen molar-refractivity contribution in [2.45, 2.75) is 6.92 Å². The van der Waals surface area contributed by atoms with Crippen molar-refractivity contribution < 1.29 is 14.3 Å². The minimum atomic E-state index is -0.936. The molecule has 0 spiro atoms. The molecule has 0 radical (unpaired) electrons. The van der Waals surface area contributed by atoms with Gasteiger partial charge in [0.25, 0.3) is 0 Å². The van der Waals surface area contributed by atoms with E-state index in [1.807, 2.05) is 0 Å². The number of para-hydroxylation sites is 3. The summed E-state index contributed by atoms with van der Waals surface area (Å²) >= 11 is 12.2. The third-order valence-electron chi connectivity index (χ3n) is 2.60. The standard InChI is InChI=1S/C15H11Cl2NO3/c1-9(19)15(20)21-13-8-3-2-7-12(13)18-14-10(16)5-4-6-11(14)17/h2-8,18H,1H3. The summed E-state index contributed by atoms with van der Waals surface area (Å²) in [6.45, 7) is 1.14. The number of halogens is 2. The highest BCUT2D eigenvalue weighted by atomic mass is 35.5. The van der Waals surface area contributed by atoms with E-state index < -0.39 is 11.8 Å². The molecule has 108 valence electrons. The van der Waals surface area contributed by atoms with Gasteiger partial charge in [0.05, 0.1) is 21.4 Å². The maximum atomic E-state index is 11.4. The van der Waals surface area contributed by atoms with Crippen molar-refractivity contribution in [1.29, 1.82) is 0 Å². The quantitative estimate of drug-likeness (QED) is 0.519. The van der Waals surface area contributed by atoms with E-state index >= 15 is 0 Å². The van der Waals surface area contributed by atoms with E-state index in [1.54, 1.807) is 42.5 Å². The molecule has 0 aromatic heterocycles. The number of ether oxygens (including phenoxy) is 1. The van der Waals surface area contributed by atoms with Gasteiger partial charge in [-0.1, -0.05) is 41.4 Å². The monoisotopic (exact) mass is 323 g/mol. The van der Waals surface area contributed by atoms with Crippen LogP contribution >= 0.6 is 23.2 Å². The molecule has 4 nitrogen and oxygen atoms in total. The minimum absolute atomic E-state index is 0.216. The van der Waals surface area contributed by atoms with Crippen LogP contribution in [0.25, 0.3) is 0 Å². The van der Waals surface area contributed by atoms with Crippen molar-refractivity contribution in [2.75, 3.05) is 5.32 Å². The largest absolute Gasteiger partial charge is 0.419 e. The number of rotatable bonds is 4. The van der Waals surface area contributed by atoms with Crippen LogP contribution in [0.5, 0.6) is 5.75 Å². The summed E-state index contributed by atoms with van der Waals surface area (Å²) in [7, 11) is 0. The topological polar surface area (TPSA) is 55.4 Å². The molecule has 0 heterocycles. The molecule has 0 aliphatic carbocycles. The second-order valence-corrected chi connectivity index (χ2v) is 4.98. The first kappa shape index (κ1) is 15.4. The zero-order valence-corrected chi connectivity index (χ0v) is 12.5. The summed E-state index contributed by atoms with van der Waals surface area (Å²) in [4.78, 5) is 22.4. The Hall–Kier alpha value is -2.04. The fourth-order valence-corrected chi connectivity index (χ4v) is 2.07. The third-order valence-corrected chi connectivity index (χ3v) is 3.23. The predicted molar refractivity (Wildman–Crippen MR) is 82.5 cm³/mol. The van der Waals surface area contributed by atoms with Crippen molar-refractivity contribution in [2.24, 2.45) is 0 Å². The van der Waals surface area contributed by atoms with Gasteiger partial charge < -0.3 is 10.1 Å². The summed E-state index contributed by atoms with van der Waals surface area (Å²) < 4.78 is 5.02. The van der Waals surface area contributed by atoms with Gasteiger partial charge in [0, 0.05) is 6.92 Å². The Morgan fingerprint density at radius 2 is 1.62 bits per heavy atom. The third kappa shape index (κ3) is 3.74. The highest BCUT2D eigenvalue weighted by molar-refractivity contribution is 6.39. The van der Waals surface area contributed by atoms with E-state index in [0.29, 0.717) is 21.4 Å². The maximum Gasteiger partial charge on any atom is 0.379 e. The Balaban J connectivity index is 2.33. The van der Waals surface area contributed by atoms with Gasteiger partial charge >= 0.3 is 5.97 Å². The van der Waals surface area contributed by atoms with Crippen LogP contribution in [0, 0.1) is 0 Å². The normalized spacial score (nSPS) is 10.0. The van der Waals surface area contributed by atoms with Crippen LogP contribution in [-0.2, 0) is 9.59 Å². The van der Waals surface area contributed by atoms with Gasteiger partial charge in [-0.05, 0) is 24.3 Å². The molecule has 0 atom stereocenters. The number of ketones is 1. The van der Waals surface area contributed by atoms with Gasteiger partial charge in [0.1, 0.15) is 0 Å². The first-order valence-electron chi connectivity index (χ1n) is 6.02. The first-order chi connectivity index (χ1) is 9.99. The Morgan fingerprint density at radius 3 is 2.24 bits per heavy atom. The molecule has 2 rings (SSSR count). The molecule has 0 aliphatic rings. The number of anilines is 2. The fraction of sp³-hybridized carbons (Fsp3) is 0.0667. The molecule has 0 aliphatic heterocycles. The van der Waals surface area contributed by atoms with Crippen molar-refractivity contribution in [3.05, 3.63) is 52.5 Å². The van der Waals surface area contributed by atoms with Crippen LogP contribution in [-0.4, -0.2) is 11.8 Å². The molecule has 0 unspecified atom stereocenters. The molecule has 0 fully saturated rings. The van der Waals surface area contributed by atoms with E-state index in [2.05, 4.69) is 5.32 Å². The highest BCUT2D eigenvalue weighted by Crippen LogP contribution is 2.35. The number of hydrogen-bond donors (Lipinski definition) is 1. The fourth-order valence-electron chi connectivity index (χ4n) is 1.58. The second kappa shape index (κ2) is 6.61. The van der Waals surface area contributed by atoms with Gasteiger partial charge in [-0.2, -0.15) is 0 Å². The molecular weight excluding hydrogens is 313 g/mol. The molecule has 0 saturated heterocycles. The predicted octanol–water partition coefficient (Wildman–Crippen LogP) is 4.23. The van der Waals surface area contributed by atoms with Crippen molar-refractivity contribution in [1.82, 2.24) is 0 Å². The summed E-state index contributed by atoms with van der Waals surface area (Å²) in [6, 6.07) is 11.8. The molecule has 1 N–H and O–H groups in total. The van der Waals surface area contributed by atoms with Crippen LogP contribution in [0.2, 0.25) is 10.0 Å². The van der Waals surface area contributed by atoms with Crippen LogP contribution in [0.15, 0.2) is 42.5 Å². The molecule has 0 amide bonds. The summed E-state index contributed by atoms with van der Waals surface area (Å²) in [5.41, 5.74) is 0.967. The van der Waals surface area contributed by atoms with Gasteiger partial charge in [0.15, 0.2) is 5.75 Å².